The molecule has 0 fully saturated rings. The number of nitrogens with zero attached hydrogens (tertiary/aromatic N) is 2. The normalized spacial score (nSPS) is 13.1. The third kappa shape index (κ3) is 4.37. The van der Waals surface area contributed by atoms with Crippen LogP contribution in [0.3, 0.4) is 0 Å². The molecule has 4 N–H and O–H groups in total. The average Bonchev–Trinajstić information content (AvgIpc) is 2.87. The van der Waals surface area contributed by atoms with Crippen LogP contribution in [0.25, 0.3) is 10.9 Å². The van der Waals surface area contributed by atoms with Crippen LogP contribution < -0.4 is 5.73 Å². The topological polar surface area (TPSA) is 86.8 Å². The summed E-state index contributed by atoms with van der Waals surface area (Å²) in [5.41, 5.74) is 8.80. The molecule has 2 rings (SSSR count). The van der Waals surface area contributed by atoms with E-state index in [0.29, 0.717) is 4.62 Å². The van der Waals surface area contributed by atoms with Crippen LogP contribution in [0.15, 0.2) is 28.5 Å². The second kappa shape index (κ2) is 8.04. The second-order valence-corrected chi connectivity index (χ2v) is 8.16. The van der Waals surface area contributed by atoms with Gasteiger partial charge in [-0.1, -0.05) is 0 Å². The van der Waals surface area contributed by atoms with Crippen LogP contribution in [-0.2, 0) is 0 Å². The van der Waals surface area contributed by atoms with Gasteiger partial charge in [-0.25, -0.2) is 0 Å². The number of hydrogen-bond acceptors (Lipinski definition) is 3. The van der Waals surface area contributed by atoms with Crippen molar-refractivity contribution in [3.05, 3.63) is 29.5 Å². The fraction of sp³-hybridized carbons (Fsp3) is 0.375. The predicted molar refractivity (Wildman–Crippen MR) is 95.4 cm³/mol. The number of aromatic hydroxyl groups is 1. The van der Waals surface area contributed by atoms with E-state index in [-0.39, 0.29) is 21.5 Å². The zero-order chi connectivity index (χ0) is 15.9. The van der Waals surface area contributed by atoms with E-state index in [1.165, 1.54) is 24.5 Å². The SMILES string of the molecule is CCCCC[AsH]C(N)=NN=Cc1c[nH]c2c(C)cc(O)cc12. The molecule has 22 heavy (non-hydrogen) atoms. The van der Waals surface area contributed by atoms with Crippen LogP contribution in [0.1, 0.15) is 37.3 Å². The Morgan fingerprint density at radius 3 is 3.00 bits per heavy atom. The van der Waals surface area contributed by atoms with Crippen LogP contribution in [-0.4, -0.2) is 36.7 Å². The number of hydrogen-bond donors (Lipinski definition) is 3. The molecule has 0 aliphatic heterocycles. The first-order chi connectivity index (χ1) is 10.6. The van der Waals surface area contributed by atoms with E-state index in [1.807, 2.05) is 13.1 Å². The van der Waals surface area contributed by atoms with Crippen LogP contribution in [0, 0.1) is 6.92 Å². The van der Waals surface area contributed by atoms with Crippen molar-refractivity contribution in [3.8, 4) is 5.75 Å². The van der Waals surface area contributed by atoms with Crippen molar-refractivity contribution in [2.75, 3.05) is 0 Å². The fourth-order valence-electron chi connectivity index (χ4n) is 2.30. The van der Waals surface area contributed by atoms with Gasteiger partial charge in [-0.15, -0.1) is 0 Å². The molecule has 0 spiro atoms. The number of unbranched alkanes of at least 4 members (excludes halogenated alkanes) is 2. The molecule has 1 atom stereocenters. The number of amidine groups is 1. The van der Waals surface area contributed by atoms with Crippen LogP contribution in [0.2, 0.25) is 5.21 Å². The Bertz CT molecular complexity index is 691. The van der Waals surface area contributed by atoms with Crippen molar-refractivity contribution in [2.45, 2.75) is 38.3 Å². The first kappa shape index (κ1) is 16.6. The molecule has 1 aromatic heterocycles. The second-order valence-electron chi connectivity index (χ2n) is 5.29. The van der Waals surface area contributed by atoms with Gasteiger partial charge in [-0.05, 0) is 0 Å². The fourth-order valence-corrected chi connectivity index (χ4v) is 4.00. The van der Waals surface area contributed by atoms with Gasteiger partial charge < -0.3 is 0 Å². The first-order valence-corrected chi connectivity index (χ1v) is 10.1. The van der Waals surface area contributed by atoms with E-state index >= 15 is 0 Å². The first-order valence-electron chi connectivity index (χ1n) is 7.53. The molecule has 0 amide bonds. The zero-order valence-corrected chi connectivity index (χ0v) is 15.2. The Labute approximate surface area is 137 Å². The summed E-state index contributed by atoms with van der Waals surface area (Å²) < 4.78 is 0.686. The molecule has 2 aromatic rings. The van der Waals surface area contributed by atoms with Crippen molar-refractivity contribution in [1.29, 1.82) is 0 Å². The summed E-state index contributed by atoms with van der Waals surface area (Å²) >= 11 is -0.335. The van der Waals surface area contributed by atoms with Crippen LogP contribution in [0.4, 0.5) is 0 Å². The third-order valence-electron chi connectivity index (χ3n) is 3.45. The number of nitrogens with one attached hydrogen (secondary N) is 1. The Morgan fingerprint density at radius 2 is 2.23 bits per heavy atom. The molecule has 0 radical (unpaired) electrons. The molecule has 0 saturated heterocycles. The average molecular weight is 362 g/mol. The summed E-state index contributed by atoms with van der Waals surface area (Å²) in [5.74, 6) is 0.254. The van der Waals surface area contributed by atoms with Gasteiger partial charge in [0, 0.05) is 0 Å². The molecule has 0 bridgehead atoms. The molecule has 0 aliphatic carbocycles. The van der Waals surface area contributed by atoms with E-state index in [4.69, 9.17) is 5.73 Å². The summed E-state index contributed by atoms with van der Waals surface area (Å²) in [4.78, 5) is 3.20. The van der Waals surface area contributed by atoms with Crippen molar-refractivity contribution >= 4 is 37.5 Å². The maximum absolute atomic E-state index is 9.71. The number of benzene rings is 1. The molecule has 1 aromatic carbocycles. The number of aromatic amines is 1. The number of fused-ring (bicyclic) bond motifs is 1. The van der Waals surface area contributed by atoms with E-state index in [2.05, 4.69) is 22.1 Å². The Balaban J connectivity index is 2.04. The number of nitrogens with two attached hydrogens (primary N) is 1. The summed E-state index contributed by atoms with van der Waals surface area (Å²) in [6.07, 6.45) is 7.27. The molecule has 1 unspecified atom stereocenters. The van der Waals surface area contributed by atoms with E-state index in [0.717, 1.165) is 22.0 Å². The van der Waals surface area contributed by atoms with Crippen molar-refractivity contribution in [1.82, 2.24) is 4.98 Å². The minimum absolute atomic E-state index is 0.254. The molecular formula is C16H23AsN4O. The van der Waals surface area contributed by atoms with E-state index in [9.17, 15) is 5.11 Å². The number of phenols is 1. The van der Waals surface area contributed by atoms with Gasteiger partial charge in [0.2, 0.25) is 0 Å². The molecule has 118 valence electrons. The molecule has 0 saturated carbocycles. The summed E-state index contributed by atoms with van der Waals surface area (Å²) in [7, 11) is 0. The quantitative estimate of drug-likeness (QED) is 0.233. The summed E-state index contributed by atoms with van der Waals surface area (Å²) in [6, 6.07) is 3.46. The Hall–Kier alpha value is -1.74. The Kier molecular flexibility index (Phi) is 6.08. The number of aromatic nitrogens is 1. The van der Waals surface area contributed by atoms with Gasteiger partial charge >= 0.3 is 137 Å². The van der Waals surface area contributed by atoms with Crippen molar-refractivity contribution < 1.29 is 5.11 Å². The maximum atomic E-state index is 9.71. The number of aryl methyl sites for hydroxylation is 1. The molecule has 0 aliphatic rings. The van der Waals surface area contributed by atoms with Gasteiger partial charge in [0.1, 0.15) is 0 Å². The third-order valence-corrected chi connectivity index (χ3v) is 5.69. The van der Waals surface area contributed by atoms with Crippen molar-refractivity contribution in [3.63, 3.8) is 0 Å². The van der Waals surface area contributed by atoms with Gasteiger partial charge in [0.05, 0.1) is 0 Å². The van der Waals surface area contributed by atoms with Gasteiger partial charge in [-0.3, -0.25) is 0 Å². The van der Waals surface area contributed by atoms with E-state index in [1.54, 1.807) is 18.3 Å². The van der Waals surface area contributed by atoms with Crippen LogP contribution >= 0.6 is 0 Å². The van der Waals surface area contributed by atoms with Crippen molar-refractivity contribution in [2.24, 2.45) is 15.9 Å². The minimum atomic E-state index is -0.335. The number of phenolic OH excluding ortho intramolecular Hbond substituents is 1. The van der Waals surface area contributed by atoms with Crippen LogP contribution in [0.5, 0.6) is 5.75 Å². The summed E-state index contributed by atoms with van der Waals surface area (Å²) in [6.45, 7) is 4.15. The molecule has 5 nitrogen and oxygen atoms in total. The zero-order valence-electron chi connectivity index (χ0n) is 13.1. The monoisotopic (exact) mass is 362 g/mol. The molecule has 1 heterocycles. The standard InChI is InChI=1S/C16H23AsN4O/c1-3-4-5-6-17-16(18)21-20-10-12-9-19-15-11(2)7-13(22)8-14(12)15/h7-10,17,19,22H,3-6H2,1-2H3,(H2,18,21). The molecular weight excluding hydrogens is 339 g/mol. The predicted octanol–water partition coefficient (Wildman–Crippen LogP) is 2.88. The van der Waals surface area contributed by atoms with E-state index < -0.39 is 0 Å². The van der Waals surface area contributed by atoms with Gasteiger partial charge in [-0.2, -0.15) is 0 Å². The summed E-state index contributed by atoms with van der Waals surface area (Å²) in [5, 5.41) is 20.0. The number of H-pyrrole nitrogens is 1. The van der Waals surface area contributed by atoms with Gasteiger partial charge in [0.15, 0.2) is 0 Å². The Morgan fingerprint density at radius 1 is 1.41 bits per heavy atom. The number of rotatable bonds is 7. The van der Waals surface area contributed by atoms with Gasteiger partial charge in [0.25, 0.3) is 0 Å². The molecule has 6 heteroatoms.